The molecular formula is C13H14ClNO4. The van der Waals surface area contributed by atoms with E-state index in [0.29, 0.717) is 10.7 Å². The lowest BCUT2D eigenvalue weighted by molar-refractivity contribution is -0.138. The quantitative estimate of drug-likeness (QED) is 0.666. The number of carbonyl (C=O) groups excluding carboxylic acids is 2. The third-order valence-corrected chi connectivity index (χ3v) is 2.28. The molecule has 0 atom stereocenters. The van der Waals surface area contributed by atoms with Crippen molar-refractivity contribution < 1.29 is 19.1 Å². The number of benzene rings is 1. The molecule has 5 nitrogen and oxygen atoms in total. The van der Waals surface area contributed by atoms with Crippen molar-refractivity contribution >= 4 is 29.4 Å². The van der Waals surface area contributed by atoms with Crippen molar-refractivity contribution in [3.63, 3.8) is 0 Å². The number of hydrogen-bond acceptors (Lipinski definition) is 4. The summed E-state index contributed by atoms with van der Waals surface area (Å²) in [5.41, 5.74) is 0.615. The molecule has 1 rings (SSSR count). The number of rotatable bonds is 5. The maximum absolute atomic E-state index is 11.4. The van der Waals surface area contributed by atoms with Crippen LogP contribution in [0, 0.1) is 0 Å². The number of carbonyl (C=O) groups is 2. The van der Waals surface area contributed by atoms with Crippen molar-refractivity contribution in [3.8, 4) is 0 Å². The highest BCUT2D eigenvalue weighted by molar-refractivity contribution is 6.30. The Morgan fingerprint density at radius 1 is 1.26 bits per heavy atom. The fraction of sp³-hybridized carbons (Fsp3) is 0.231. The van der Waals surface area contributed by atoms with Crippen LogP contribution in [0.2, 0.25) is 5.02 Å². The Kier molecular flexibility index (Phi) is 5.89. The number of hydrogen-bond donors (Lipinski definition) is 1. The normalized spacial score (nSPS) is 9.58. The van der Waals surface area contributed by atoms with E-state index in [0.717, 1.165) is 0 Å². The van der Waals surface area contributed by atoms with Gasteiger partial charge in [0.15, 0.2) is 0 Å². The summed E-state index contributed by atoms with van der Waals surface area (Å²) in [4.78, 5) is 22.6. The first kappa shape index (κ1) is 15.0. The minimum atomic E-state index is -0.687. The Hall–Kier alpha value is -2.01. The van der Waals surface area contributed by atoms with Gasteiger partial charge in [0, 0.05) is 10.7 Å². The van der Waals surface area contributed by atoms with Gasteiger partial charge in [-0.3, -0.25) is 5.32 Å². The first-order chi connectivity index (χ1) is 9.02. The van der Waals surface area contributed by atoms with Crippen LogP contribution in [-0.2, 0) is 14.3 Å². The Morgan fingerprint density at radius 2 is 1.89 bits per heavy atom. The summed E-state index contributed by atoms with van der Waals surface area (Å²) in [6.45, 7) is 5.17. The van der Waals surface area contributed by atoms with Crippen LogP contribution in [0.1, 0.15) is 6.92 Å². The zero-order valence-electron chi connectivity index (χ0n) is 10.4. The van der Waals surface area contributed by atoms with Gasteiger partial charge in [-0.2, -0.15) is 0 Å². The summed E-state index contributed by atoms with van der Waals surface area (Å²) >= 11 is 5.71. The molecule has 0 heterocycles. The molecule has 0 aliphatic rings. The summed E-state index contributed by atoms with van der Waals surface area (Å²) in [5.74, 6) is -0.582. The van der Waals surface area contributed by atoms with E-state index in [1.165, 1.54) is 0 Å². The molecule has 0 aliphatic heterocycles. The molecule has 0 radical (unpaired) electrons. The average Bonchev–Trinajstić information content (AvgIpc) is 2.39. The topological polar surface area (TPSA) is 64.6 Å². The van der Waals surface area contributed by atoms with Gasteiger partial charge in [0.25, 0.3) is 0 Å². The first-order valence-electron chi connectivity index (χ1n) is 5.57. The predicted molar refractivity (Wildman–Crippen MR) is 72.2 cm³/mol. The van der Waals surface area contributed by atoms with E-state index in [4.69, 9.17) is 21.1 Å². The zero-order valence-corrected chi connectivity index (χ0v) is 11.2. The molecule has 1 N–H and O–H groups in total. The fourth-order valence-electron chi connectivity index (χ4n) is 1.13. The maximum Gasteiger partial charge on any atom is 0.411 e. The second-order valence-electron chi connectivity index (χ2n) is 3.53. The van der Waals surface area contributed by atoms with Crippen molar-refractivity contribution in [1.82, 2.24) is 0 Å². The SMILES string of the molecule is C=C(COC(=O)Nc1ccc(Cl)cc1)C(=O)OCC. The van der Waals surface area contributed by atoms with Gasteiger partial charge in [-0.1, -0.05) is 18.2 Å². The summed E-state index contributed by atoms with van der Waals surface area (Å²) in [7, 11) is 0. The van der Waals surface area contributed by atoms with Crippen molar-refractivity contribution in [2.24, 2.45) is 0 Å². The fourth-order valence-corrected chi connectivity index (χ4v) is 1.26. The highest BCUT2D eigenvalue weighted by atomic mass is 35.5. The molecule has 1 amide bonds. The van der Waals surface area contributed by atoms with Crippen LogP contribution in [0.3, 0.4) is 0 Å². The van der Waals surface area contributed by atoms with Crippen LogP contribution in [0.15, 0.2) is 36.4 Å². The lowest BCUT2D eigenvalue weighted by Gasteiger charge is -2.08. The average molecular weight is 284 g/mol. The monoisotopic (exact) mass is 283 g/mol. The molecule has 0 spiro atoms. The van der Waals surface area contributed by atoms with Crippen LogP contribution >= 0.6 is 11.6 Å². The van der Waals surface area contributed by atoms with E-state index < -0.39 is 12.1 Å². The molecule has 0 saturated carbocycles. The third-order valence-electron chi connectivity index (χ3n) is 2.03. The Bertz CT molecular complexity index is 470. The van der Waals surface area contributed by atoms with E-state index in [-0.39, 0.29) is 18.8 Å². The number of amides is 1. The summed E-state index contributed by atoms with van der Waals surface area (Å²) in [6.07, 6.45) is -0.687. The van der Waals surface area contributed by atoms with Gasteiger partial charge in [-0.25, -0.2) is 9.59 Å². The van der Waals surface area contributed by atoms with Gasteiger partial charge in [-0.15, -0.1) is 0 Å². The summed E-state index contributed by atoms with van der Waals surface area (Å²) in [5, 5.41) is 3.05. The molecule has 0 aliphatic carbocycles. The van der Waals surface area contributed by atoms with Crippen LogP contribution in [0.4, 0.5) is 10.5 Å². The number of anilines is 1. The Morgan fingerprint density at radius 3 is 2.47 bits per heavy atom. The van der Waals surface area contributed by atoms with E-state index >= 15 is 0 Å². The summed E-state index contributed by atoms with van der Waals surface area (Å²) < 4.78 is 9.52. The van der Waals surface area contributed by atoms with Crippen LogP contribution in [0.25, 0.3) is 0 Å². The predicted octanol–water partition coefficient (Wildman–Crippen LogP) is 3.01. The molecule has 19 heavy (non-hydrogen) atoms. The minimum absolute atomic E-state index is 0.0770. The highest BCUT2D eigenvalue weighted by Gasteiger charge is 2.10. The van der Waals surface area contributed by atoms with E-state index in [2.05, 4.69) is 11.9 Å². The van der Waals surface area contributed by atoms with Gasteiger partial charge in [-0.05, 0) is 31.2 Å². The Balaban J connectivity index is 2.37. The van der Waals surface area contributed by atoms with Gasteiger partial charge < -0.3 is 9.47 Å². The molecule has 6 heteroatoms. The number of esters is 1. The molecule has 0 saturated heterocycles. The smallest absolute Gasteiger partial charge is 0.411 e. The van der Waals surface area contributed by atoms with Crippen molar-refractivity contribution in [2.45, 2.75) is 6.92 Å². The number of nitrogens with one attached hydrogen (secondary N) is 1. The number of ether oxygens (including phenoxy) is 2. The molecule has 1 aromatic rings. The van der Waals surface area contributed by atoms with Gasteiger partial charge >= 0.3 is 12.1 Å². The van der Waals surface area contributed by atoms with Gasteiger partial charge in [0.1, 0.15) is 6.61 Å². The standard InChI is InChI=1S/C13H14ClNO4/c1-3-18-12(16)9(2)8-19-13(17)15-11-6-4-10(14)5-7-11/h4-7H,2-3,8H2,1H3,(H,15,17). The van der Waals surface area contributed by atoms with Crippen LogP contribution in [-0.4, -0.2) is 25.3 Å². The number of halogens is 1. The van der Waals surface area contributed by atoms with Gasteiger partial charge in [0.2, 0.25) is 0 Å². The molecule has 1 aromatic carbocycles. The van der Waals surface area contributed by atoms with E-state index in [1.807, 2.05) is 0 Å². The Labute approximate surface area is 116 Å². The molecule has 0 unspecified atom stereocenters. The van der Waals surface area contributed by atoms with Crippen molar-refractivity contribution in [2.75, 3.05) is 18.5 Å². The van der Waals surface area contributed by atoms with E-state index in [1.54, 1.807) is 31.2 Å². The molecular weight excluding hydrogens is 270 g/mol. The lowest BCUT2D eigenvalue weighted by atomic mass is 10.3. The van der Waals surface area contributed by atoms with Crippen LogP contribution in [0.5, 0.6) is 0 Å². The maximum atomic E-state index is 11.4. The van der Waals surface area contributed by atoms with Gasteiger partial charge in [0.05, 0.1) is 12.2 Å². The molecule has 0 bridgehead atoms. The summed E-state index contributed by atoms with van der Waals surface area (Å²) in [6, 6.07) is 6.52. The second kappa shape index (κ2) is 7.43. The molecule has 0 aromatic heterocycles. The first-order valence-corrected chi connectivity index (χ1v) is 5.95. The zero-order chi connectivity index (χ0) is 14.3. The van der Waals surface area contributed by atoms with Crippen LogP contribution < -0.4 is 5.32 Å². The van der Waals surface area contributed by atoms with E-state index in [9.17, 15) is 9.59 Å². The lowest BCUT2D eigenvalue weighted by Crippen LogP contribution is -2.18. The van der Waals surface area contributed by atoms with Crippen molar-refractivity contribution in [1.29, 1.82) is 0 Å². The highest BCUT2D eigenvalue weighted by Crippen LogP contribution is 2.13. The van der Waals surface area contributed by atoms with Crippen molar-refractivity contribution in [3.05, 3.63) is 41.4 Å². The third kappa shape index (κ3) is 5.44. The largest absolute Gasteiger partial charge is 0.463 e. The minimum Gasteiger partial charge on any atom is -0.463 e. The molecule has 0 fully saturated rings. The molecule has 102 valence electrons. The second-order valence-corrected chi connectivity index (χ2v) is 3.97.